The number of nitrogens with one attached hydrogen (secondary N) is 1. The van der Waals surface area contributed by atoms with Crippen LogP contribution in [0.25, 0.3) is 11.0 Å². The summed E-state index contributed by atoms with van der Waals surface area (Å²) in [6.45, 7) is 0. The zero-order valence-corrected chi connectivity index (χ0v) is 13.1. The Kier molecular flexibility index (Phi) is 5.79. The summed E-state index contributed by atoms with van der Waals surface area (Å²) in [4.78, 5) is 18.5. The van der Waals surface area contributed by atoms with Gasteiger partial charge in [-0.05, 0) is 35.9 Å². The predicted molar refractivity (Wildman–Crippen MR) is 91.2 cm³/mol. The smallest absolute Gasteiger partial charge is 0.335 e. The molecule has 0 saturated carbocycles. The Morgan fingerprint density at radius 1 is 1.14 bits per heavy atom. The zero-order valence-electron chi connectivity index (χ0n) is 11.4. The number of benzene rings is 2. The van der Waals surface area contributed by atoms with E-state index in [0.717, 1.165) is 28.1 Å². The molecule has 5 nitrogen and oxygen atoms in total. The molecule has 0 saturated heterocycles. The van der Waals surface area contributed by atoms with Gasteiger partial charge < -0.3 is 15.8 Å². The summed E-state index contributed by atoms with van der Waals surface area (Å²) in [5, 5.41) is 8.97. The minimum absolute atomic E-state index is 0. The molecular weight excluding hydrogens is 325 g/mol. The summed E-state index contributed by atoms with van der Waals surface area (Å²) in [6.07, 6.45) is 0.650. The van der Waals surface area contributed by atoms with Crippen molar-refractivity contribution in [2.75, 3.05) is 5.73 Å². The van der Waals surface area contributed by atoms with Crippen molar-refractivity contribution in [1.82, 2.24) is 9.97 Å². The molecule has 0 aliphatic heterocycles. The standard InChI is InChI=1S/C15H13N3O2.2ClH/c16-11-4-1-9(2-5-11)7-14-17-12-6-3-10(15(19)20)8-13(12)18-14;;/h1-6,8H,7,16H2,(H,17,18)(H,19,20);2*1H. The van der Waals surface area contributed by atoms with Crippen LogP contribution in [0.15, 0.2) is 42.5 Å². The Morgan fingerprint density at radius 3 is 2.45 bits per heavy atom. The molecule has 0 aliphatic rings. The molecule has 22 heavy (non-hydrogen) atoms. The lowest BCUT2D eigenvalue weighted by Crippen LogP contribution is -1.94. The normalized spacial score (nSPS) is 9.82. The maximum Gasteiger partial charge on any atom is 0.335 e. The number of nitrogens with two attached hydrogens (primary N) is 1. The SMILES string of the molecule is Cl.Cl.Nc1ccc(Cc2nc3ccc(C(=O)O)cc3[nH]2)cc1. The molecule has 0 bridgehead atoms. The van der Waals surface area contributed by atoms with Crippen molar-refractivity contribution < 1.29 is 9.90 Å². The van der Waals surface area contributed by atoms with Crippen LogP contribution in [0.2, 0.25) is 0 Å². The Labute approximate surface area is 139 Å². The van der Waals surface area contributed by atoms with Gasteiger partial charge in [0.05, 0.1) is 16.6 Å². The molecule has 0 radical (unpaired) electrons. The number of carboxylic acids is 1. The van der Waals surface area contributed by atoms with Crippen LogP contribution in [0.5, 0.6) is 0 Å². The number of nitrogen functional groups attached to an aromatic ring is 1. The number of carboxylic acid groups (broad SMARTS) is 1. The van der Waals surface area contributed by atoms with Gasteiger partial charge in [-0.3, -0.25) is 0 Å². The number of nitrogens with zero attached hydrogens (tertiary/aromatic N) is 1. The van der Waals surface area contributed by atoms with Gasteiger partial charge in [-0.2, -0.15) is 0 Å². The van der Waals surface area contributed by atoms with Crippen molar-refractivity contribution in [3.05, 3.63) is 59.4 Å². The quantitative estimate of drug-likeness (QED) is 0.638. The van der Waals surface area contributed by atoms with E-state index >= 15 is 0 Å². The van der Waals surface area contributed by atoms with Gasteiger partial charge in [0.15, 0.2) is 0 Å². The number of aromatic nitrogens is 2. The van der Waals surface area contributed by atoms with E-state index < -0.39 is 5.97 Å². The molecule has 0 aliphatic carbocycles. The second-order valence-corrected chi connectivity index (χ2v) is 4.64. The van der Waals surface area contributed by atoms with Crippen molar-refractivity contribution in [3.8, 4) is 0 Å². The van der Waals surface area contributed by atoms with E-state index in [1.54, 1.807) is 18.2 Å². The van der Waals surface area contributed by atoms with Gasteiger partial charge in [-0.25, -0.2) is 9.78 Å². The van der Waals surface area contributed by atoms with Crippen LogP contribution >= 0.6 is 24.8 Å². The number of imidazole rings is 1. The number of carbonyl (C=O) groups is 1. The number of fused-ring (bicyclic) bond motifs is 1. The van der Waals surface area contributed by atoms with E-state index in [4.69, 9.17) is 10.8 Å². The number of anilines is 1. The van der Waals surface area contributed by atoms with Crippen molar-refractivity contribution in [2.45, 2.75) is 6.42 Å². The van der Waals surface area contributed by atoms with Gasteiger partial charge in [0.2, 0.25) is 0 Å². The first-order valence-corrected chi connectivity index (χ1v) is 6.18. The van der Waals surface area contributed by atoms with Crippen molar-refractivity contribution in [2.24, 2.45) is 0 Å². The van der Waals surface area contributed by atoms with Crippen LogP contribution in [0, 0.1) is 0 Å². The minimum Gasteiger partial charge on any atom is -0.478 e. The molecule has 1 aromatic heterocycles. The molecule has 4 N–H and O–H groups in total. The lowest BCUT2D eigenvalue weighted by atomic mass is 10.1. The van der Waals surface area contributed by atoms with Crippen molar-refractivity contribution in [3.63, 3.8) is 0 Å². The highest BCUT2D eigenvalue weighted by Gasteiger charge is 2.08. The Morgan fingerprint density at radius 2 is 1.82 bits per heavy atom. The maximum absolute atomic E-state index is 10.9. The fraction of sp³-hybridized carbons (Fsp3) is 0.0667. The number of halogens is 2. The van der Waals surface area contributed by atoms with Gasteiger partial charge in [0.1, 0.15) is 5.82 Å². The first-order chi connectivity index (χ1) is 9.61. The summed E-state index contributed by atoms with van der Waals surface area (Å²) in [5.41, 5.74) is 9.21. The average Bonchev–Trinajstić information content (AvgIpc) is 2.82. The van der Waals surface area contributed by atoms with Gasteiger partial charge in [0.25, 0.3) is 0 Å². The Bertz CT molecular complexity index is 785. The summed E-state index contributed by atoms with van der Waals surface area (Å²) in [7, 11) is 0. The second kappa shape index (κ2) is 7.15. The molecular formula is C15H15Cl2N3O2. The predicted octanol–water partition coefficient (Wildman–Crippen LogP) is 3.28. The summed E-state index contributed by atoms with van der Waals surface area (Å²) in [6, 6.07) is 12.5. The van der Waals surface area contributed by atoms with E-state index in [0.29, 0.717) is 6.42 Å². The molecule has 2 aromatic carbocycles. The van der Waals surface area contributed by atoms with Gasteiger partial charge in [-0.15, -0.1) is 24.8 Å². The monoisotopic (exact) mass is 339 g/mol. The number of H-pyrrole nitrogens is 1. The molecule has 0 fully saturated rings. The van der Waals surface area contributed by atoms with Gasteiger partial charge >= 0.3 is 5.97 Å². The second-order valence-electron chi connectivity index (χ2n) is 4.64. The fourth-order valence-electron chi connectivity index (χ4n) is 2.11. The van der Waals surface area contributed by atoms with Crippen LogP contribution in [0.3, 0.4) is 0 Å². The van der Waals surface area contributed by atoms with Crippen molar-refractivity contribution >= 4 is 47.5 Å². The topological polar surface area (TPSA) is 92.0 Å². The largest absolute Gasteiger partial charge is 0.478 e. The fourth-order valence-corrected chi connectivity index (χ4v) is 2.11. The lowest BCUT2D eigenvalue weighted by Gasteiger charge is -1.98. The highest BCUT2D eigenvalue weighted by Crippen LogP contribution is 2.16. The third-order valence-electron chi connectivity index (χ3n) is 3.13. The number of aromatic amines is 1. The van der Waals surface area contributed by atoms with Crippen molar-refractivity contribution in [1.29, 1.82) is 0 Å². The molecule has 0 unspecified atom stereocenters. The maximum atomic E-state index is 10.9. The van der Waals surface area contributed by atoms with Crippen LogP contribution < -0.4 is 5.73 Å². The highest BCUT2D eigenvalue weighted by molar-refractivity contribution is 5.92. The third-order valence-corrected chi connectivity index (χ3v) is 3.13. The number of hydrogen-bond acceptors (Lipinski definition) is 3. The van der Waals surface area contributed by atoms with Crippen LogP contribution in [-0.2, 0) is 6.42 Å². The van der Waals surface area contributed by atoms with Gasteiger partial charge in [-0.1, -0.05) is 12.1 Å². The highest BCUT2D eigenvalue weighted by atomic mass is 35.5. The summed E-state index contributed by atoms with van der Waals surface area (Å²) in [5.74, 6) is -0.145. The zero-order chi connectivity index (χ0) is 14.1. The van der Waals surface area contributed by atoms with E-state index in [9.17, 15) is 4.79 Å². The van der Waals surface area contributed by atoms with Gasteiger partial charge in [0, 0.05) is 12.1 Å². The minimum atomic E-state index is -0.943. The third kappa shape index (κ3) is 3.69. The first-order valence-electron chi connectivity index (χ1n) is 6.18. The number of aromatic carboxylic acids is 1. The summed E-state index contributed by atoms with van der Waals surface area (Å²) >= 11 is 0. The Balaban J connectivity index is 0.00000121. The number of hydrogen-bond donors (Lipinski definition) is 3. The van der Waals surface area contributed by atoms with E-state index in [-0.39, 0.29) is 30.4 Å². The van der Waals surface area contributed by atoms with Crippen LogP contribution in [0.1, 0.15) is 21.7 Å². The molecule has 0 atom stereocenters. The molecule has 7 heteroatoms. The molecule has 0 amide bonds. The molecule has 116 valence electrons. The Hall–Kier alpha value is -2.24. The van der Waals surface area contributed by atoms with E-state index in [1.807, 2.05) is 24.3 Å². The van der Waals surface area contributed by atoms with Crippen LogP contribution in [0.4, 0.5) is 5.69 Å². The van der Waals surface area contributed by atoms with E-state index in [1.165, 1.54) is 0 Å². The first kappa shape index (κ1) is 17.8. The summed E-state index contributed by atoms with van der Waals surface area (Å²) < 4.78 is 0. The molecule has 3 rings (SSSR count). The average molecular weight is 340 g/mol. The molecule has 1 heterocycles. The number of rotatable bonds is 3. The van der Waals surface area contributed by atoms with E-state index in [2.05, 4.69) is 9.97 Å². The lowest BCUT2D eigenvalue weighted by molar-refractivity contribution is 0.0697. The van der Waals surface area contributed by atoms with Crippen LogP contribution in [-0.4, -0.2) is 21.0 Å². The molecule has 3 aromatic rings. The molecule has 0 spiro atoms.